The predicted molar refractivity (Wildman–Crippen MR) is 126 cm³/mol. The normalized spacial score (nSPS) is 25.0. The van der Waals surface area contributed by atoms with Crippen LogP contribution in [0.4, 0.5) is 10.5 Å². The Balaban J connectivity index is 1.37. The van der Waals surface area contributed by atoms with Gasteiger partial charge >= 0.3 is 6.09 Å². The van der Waals surface area contributed by atoms with Crippen molar-refractivity contribution in [2.45, 2.75) is 89.6 Å². The molecule has 0 spiro atoms. The molecule has 1 aliphatic carbocycles. The number of piperidine rings is 1. The second kappa shape index (κ2) is 9.27. The summed E-state index contributed by atoms with van der Waals surface area (Å²) < 4.78 is 5.50. The summed E-state index contributed by atoms with van der Waals surface area (Å²) in [6.45, 7) is 5.94. The molecule has 1 saturated carbocycles. The van der Waals surface area contributed by atoms with Gasteiger partial charge in [-0.3, -0.25) is 19.7 Å². The maximum atomic E-state index is 13.0. The lowest BCUT2D eigenvalue weighted by Gasteiger charge is -2.36. The smallest absolute Gasteiger partial charge is 0.410 e. The number of benzene rings is 1. The summed E-state index contributed by atoms with van der Waals surface area (Å²) in [5, 5.41) is 5.95. The van der Waals surface area contributed by atoms with E-state index in [4.69, 9.17) is 4.74 Å². The maximum absolute atomic E-state index is 13.0. The number of ether oxygens (including phenoxy) is 1. The number of imide groups is 1. The van der Waals surface area contributed by atoms with Crippen molar-refractivity contribution in [1.82, 2.24) is 15.1 Å². The molecule has 1 atom stereocenters. The third-order valence-electron chi connectivity index (χ3n) is 6.87. The molecule has 1 saturated heterocycles. The maximum Gasteiger partial charge on any atom is 0.410 e. The van der Waals surface area contributed by atoms with Gasteiger partial charge in [-0.1, -0.05) is 6.07 Å². The highest BCUT2D eigenvalue weighted by Gasteiger charge is 2.40. The van der Waals surface area contributed by atoms with Crippen molar-refractivity contribution in [3.05, 3.63) is 29.3 Å². The van der Waals surface area contributed by atoms with Crippen LogP contribution in [0.1, 0.15) is 75.2 Å². The molecule has 2 heterocycles. The average molecular weight is 471 g/mol. The van der Waals surface area contributed by atoms with Crippen LogP contribution < -0.4 is 10.6 Å². The first-order chi connectivity index (χ1) is 16.0. The van der Waals surface area contributed by atoms with Crippen molar-refractivity contribution in [3.63, 3.8) is 0 Å². The molecule has 2 N–H and O–H groups in total. The van der Waals surface area contributed by atoms with Gasteiger partial charge in [0.2, 0.25) is 11.8 Å². The van der Waals surface area contributed by atoms with Gasteiger partial charge in [-0.2, -0.15) is 0 Å². The fourth-order valence-corrected chi connectivity index (χ4v) is 5.03. The van der Waals surface area contributed by atoms with Gasteiger partial charge in [0, 0.05) is 48.9 Å². The van der Waals surface area contributed by atoms with Crippen LogP contribution in [0.15, 0.2) is 18.2 Å². The Hall–Kier alpha value is -3.10. The van der Waals surface area contributed by atoms with E-state index in [1.807, 2.05) is 32.9 Å². The largest absolute Gasteiger partial charge is 0.444 e. The van der Waals surface area contributed by atoms with Crippen molar-refractivity contribution in [1.29, 1.82) is 0 Å². The van der Waals surface area contributed by atoms with E-state index in [0.717, 1.165) is 36.9 Å². The standard InChI is InChI=1S/C25H34N4O5/c1-25(2,3)34-24(33)28(4)16-10-8-15(9-11-16)26-19-7-5-6-17-18(19)14-29(23(17)32)20-12-13-21(30)27-22(20)31/h5-7,15-16,20,26H,8-14H2,1-4H3,(H,27,30,31). The summed E-state index contributed by atoms with van der Waals surface area (Å²) in [5.41, 5.74) is 1.89. The van der Waals surface area contributed by atoms with Gasteiger partial charge in [-0.25, -0.2) is 4.79 Å². The van der Waals surface area contributed by atoms with Gasteiger partial charge in [0.25, 0.3) is 5.91 Å². The predicted octanol–water partition coefficient (Wildman–Crippen LogP) is 3.04. The molecule has 2 fully saturated rings. The van der Waals surface area contributed by atoms with Crippen LogP contribution in [0.5, 0.6) is 0 Å². The number of anilines is 1. The van der Waals surface area contributed by atoms with Crippen LogP contribution in [-0.2, 0) is 20.9 Å². The van der Waals surface area contributed by atoms with Crippen LogP contribution in [0.2, 0.25) is 0 Å². The molecule has 0 bridgehead atoms. The second-order valence-electron chi connectivity index (χ2n) is 10.5. The average Bonchev–Trinajstić information content (AvgIpc) is 3.10. The summed E-state index contributed by atoms with van der Waals surface area (Å²) in [4.78, 5) is 52.5. The van der Waals surface area contributed by atoms with Gasteiger partial charge in [0.1, 0.15) is 11.6 Å². The summed E-state index contributed by atoms with van der Waals surface area (Å²) in [6.07, 6.45) is 3.81. The van der Waals surface area contributed by atoms with Gasteiger partial charge < -0.3 is 19.9 Å². The van der Waals surface area contributed by atoms with E-state index in [1.165, 1.54) is 0 Å². The number of hydrogen-bond donors (Lipinski definition) is 2. The van der Waals surface area contributed by atoms with Crippen molar-refractivity contribution in [3.8, 4) is 0 Å². The first-order valence-electron chi connectivity index (χ1n) is 12.0. The summed E-state index contributed by atoms with van der Waals surface area (Å²) in [6, 6.07) is 5.37. The van der Waals surface area contributed by atoms with Gasteiger partial charge in [-0.05, 0) is 65.0 Å². The number of carbonyl (C=O) groups is 4. The lowest BCUT2D eigenvalue weighted by molar-refractivity contribution is -0.136. The molecular formula is C25H34N4O5. The molecule has 2 aliphatic heterocycles. The number of fused-ring (bicyclic) bond motifs is 1. The van der Waals surface area contributed by atoms with E-state index in [0.29, 0.717) is 18.5 Å². The Kier molecular flexibility index (Phi) is 6.55. The minimum atomic E-state index is -0.621. The summed E-state index contributed by atoms with van der Waals surface area (Å²) in [7, 11) is 1.80. The lowest BCUT2D eigenvalue weighted by atomic mass is 9.90. The number of amides is 4. The summed E-state index contributed by atoms with van der Waals surface area (Å²) >= 11 is 0. The van der Waals surface area contributed by atoms with Crippen LogP contribution in [-0.4, -0.2) is 64.4 Å². The Bertz CT molecular complexity index is 994. The molecule has 1 aromatic carbocycles. The molecule has 0 radical (unpaired) electrons. The minimum absolute atomic E-state index is 0.138. The van der Waals surface area contributed by atoms with Crippen molar-refractivity contribution < 1.29 is 23.9 Å². The van der Waals surface area contributed by atoms with Crippen LogP contribution in [0.25, 0.3) is 0 Å². The molecule has 34 heavy (non-hydrogen) atoms. The fourth-order valence-electron chi connectivity index (χ4n) is 5.03. The van der Waals surface area contributed by atoms with E-state index in [9.17, 15) is 19.2 Å². The minimum Gasteiger partial charge on any atom is -0.444 e. The zero-order valence-electron chi connectivity index (χ0n) is 20.3. The van der Waals surface area contributed by atoms with Crippen LogP contribution in [0, 0.1) is 0 Å². The molecule has 4 rings (SSSR count). The first kappa shape index (κ1) is 24.0. The monoisotopic (exact) mass is 470 g/mol. The first-order valence-corrected chi connectivity index (χ1v) is 12.0. The van der Waals surface area contributed by atoms with E-state index in [1.54, 1.807) is 22.9 Å². The molecule has 1 unspecified atom stereocenters. The Morgan fingerprint density at radius 3 is 2.47 bits per heavy atom. The molecular weight excluding hydrogens is 436 g/mol. The Labute approximate surface area is 200 Å². The Morgan fingerprint density at radius 2 is 1.82 bits per heavy atom. The zero-order chi connectivity index (χ0) is 24.6. The van der Waals surface area contributed by atoms with Gasteiger partial charge in [-0.15, -0.1) is 0 Å². The Morgan fingerprint density at radius 1 is 1.12 bits per heavy atom. The van der Waals surface area contributed by atoms with E-state index in [2.05, 4.69) is 10.6 Å². The second-order valence-corrected chi connectivity index (χ2v) is 10.5. The zero-order valence-corrected chi connectivity index (χ0v) is 20.3. The highest BCUT2D eigenvalue weighted by atomic mass is 16.6. The van der Waals surface area contributed by atoms with Gasteiger partial charge in [0.05, 0.1) is 0 Å². The lowest BCUT2D eigenvalue weighted by Crippen LogP contribution is -2.52. The van der Waals surface area contributed by atoms with Gasteiger partial charge in [0.15, 0.2) is 0 Å². The number of nitrogens with zero attached hydrogens (tertiary/aromatic N) is 2. The quantitative estimate of drug-likeness (QED) is 0.655. The molecule has 0 aromatic heterocycles. The van der Waals surface area contributed by atoms with Crippen LogP contribution in [0.3, 0.4) is 0 Å². The van der Waals surface area contributed by atoms with Crippen molar-refractivity contribution in [2.24, 2.45) is 0 Å². The van der Waals surface area contributed by atoms with Crippen LogP contribution >= 0.6 is 0 Å². The van der Waals surface area contributed by atoms with E-state index in [-0.39, 0.29) is 36.4 Å². The highest BCUT2D eigenvalue weighted by Crippen LogP contribution is 2.34. The molecule has 184 valence electrons. The molecule has 1 aromatic rings. The van der Waals surface area contributed by atoms with E-state index < -0.39 is 17.6 Å². The summed E-state index contributed by atoms with van der Waals surface area (Å²) in [5.74, 6) is -0.865. The number of carbonyl (C=O) groups excluding carboxylic acids is 4. The molecule has 9 heteroatoms. The van der Waals surface area contributed by atoms with Crippen molar-refractivity contribution >= 4 is 29.5 Å². The number of rotatable bonds is 4. The third kappa shape index (κ3) is 5.03. The molecule has 9 nitrogen and oxygen atoms in total. The SMILES string of the molecule is CN(C(=O)OC(C)(C)C)C1CCC(Nc2cccc3c2CN(C2CCC(=O)NC2=O)C3=O)CC1. The number of hydrogen-bond acceptors (Lipinski definition) is 6. The van der Waals surface area contributed by atoms with E-state index >= 15 is 0 Å². The number of nitrogens with one attached hydrogen (secondary N) is 2. The topological polar surface area (TPSA) is 108 Å². The molecule has 4 amide bonds. The molecule has 3 aliphatic rings. The fraction of sp³-hybridized carbons (Fsp3) is 0.600. The van der Waals surface area contributed by atoms with Crippen molar-refractivity contribution in [2.75, 3.05) is 12.4 Å². The highest BCUT2D eigenvalue weighted by molar-refractivity contribution is 6.06. The third-order valence-corrected chi connectivity index (χ3v) is 6.87.